The normalized spacial score (nSPS) is 25.8. The fourth-order valence-electron chi connectivity index (χ4n) is 2.05. The summed E-state index contributed by atoms with van der Waals surface area (Å²) in [6.45, 7) is 2.87. The predicted octanol–water partition coefficient (Wildman–Crippen LogP) is -0.628. The van der Waals surface area contributed by atoms with Gasteiger partial charge in [0.25, 0.3) is 0 Å². The fourth-order valence-corrected chi connectivity index (χ4v) is 2.05. The van der Waals surface area contributed by atoms with Gasteiger partial charge >= 0.3 is 5.97 Å². The number of likely N-dealkylation sites (tertiary alicyclic amines) is 1. The summed E-state index contributed by atoms with van der Waals surface area (Å²) in [6.07, 6.45) is 0.602. The lowest BCUT2D eigenvalue weighted by molar-refractivity contribution is -0.151. The van der Waals surface area contributed by atoms with E-state index in [4.69, 9.17) is 15.2 Å². The monoisotopic (exact) mass is 244 g/mol. The van der Waals surface area contributed by atoms with Crippen molar-refractivity contribution < 1.29 is 19.1 Å². The number of methoxy groups -OCH3 is 2. The Bertz CT molecular complexity index is 308. The highest BCUT2D eigenvalue weighted by Gasteiger charge is 2.43. The molecule has 1 saturated heterocycles. The van der Waals surface area contributed by atoms with Gasteiger partial charge in [-0.1, -0.05) is 0 Å². The van der Waals surface area contributed by atoms with Crippen LogP contribution in [0.15, 0.2) is 0 Å². The molecule has 6 nitrogen and oxygen atoms in total. The van der Waals surface area contributed by atoms with E-state index >= 15 is 0 Å². The molecule has 0 aromatic carbocycles. The van der Waals surface area contributed by atoms with E-state index in [2.05, 4.69) is 0 Å². The number of nitrogens with two attached hydrogens (primary N) is 1. The zero-order chi connectivity index (χ0) is 13.1. The summed E-state index contributed by atoms with van der Waals surface area (Å²) in [5.41, 5.74) is 5.06. The number of amides is 1. The molecule has 1 heterocycles. The first-order chi connectivity index (χ1) is 7.94. The van der Waals surface area contributed by atoms with Crippen LogP contribution in [0.2, 0.25) is 0 Å². The van der Waals surface area contributed by atoms with Crippen molar-refractivity contribution in [2.45, 2.75) is 19.4 Å². The average Bonchev–Trinajstić information content (AvgIpc) is 2.71. The number of hydrogen-bond acceptors (Lipinski definition) is 5. The Kier molecular flexibility index (Phi) is 4.47. The smallest absolute Gasteiger partial charge is 0.313 e. The van der Waals surface area contributed by atoms with Crippen LogP contribution in [-0.4, -0.2) is 56.7 Å². The van der Waals surface area contributed by atoms with Gasteiger partial charge in [-0.25, -0.2) is 0 Å². The summed E-state index contributed by atoms with van der Waals surface area (Å²) >= 11 is 0. The Labute approximate surface area is 101 Å². The zero-order valence-electron chi connectivity index (χ0n) is 10.6. The Hall–Kier alpha value is -1.14. The lowest BCUT2D eigenvalue weighted by atomic mass is 9.90. The molecule has 1 rings (SSSR count). The Balaban J connectivity index is 2.61. The van der Waals surface area contributed by atoms with Crippen molar-refractivity contribution in [3.05, 3.63) is 0 Å². The quantitative estimate of drug-likeness (QED) is 0.666. The molecular weight excluding hydrogens is 224 g/mol. The molecule has 0 radical (unpaired) electrons. The summed E-state index contributed by atoms with van der Waals surface area (Å²) in [6, 6.07) is -0.667. The van der Waals surface area contributed by atoms with Gasteiger partial charge in [-0.05, 0) is 13.3 Å². The lowest BCUT2D eigenvalue weighted by Gasteiger charge is -2.23. The van der Waals surface area contributed by atoms with E-state index in [1.54, 1.807) is 11.8 Å². The predicted molar refractivity (Wildman–Crippen MR) is 61.2 cm³/mol. The standard InChI is InChI=1S/C11H20N2O4/c1-11(10(15)17-3)4-5-13(7-11)9(14)8(12)6-16-2/h8H,4-7,12H2,1-3H3. The van der Waals surface area contributed by atoms with Crippen molar-refractivity contribution in [1.82, 2.24) is 4.90 Å². The second-order valence-electron chi connectivity index (χ2n) is 4.62. The third-order valence-electron chi connectivity index (χ3n) is 3.13. The van der Waals surface area contributed by atoms with Crippen LogP contribution in [0.1, 0.15) is 13.3 Å². The van der Waals surface area contributed by atoms with Crippen LogP contribution in [0, 0.1) is 5.41 Å². The van der Waals surface area contributed by atoms with Crippen molar-refractivity contribution in [2.24, 2.45) is 11.1 Å². The largest absolute Gasteiger partial charge is 0.469 e. The average molecular weight is 244 g/mol. The van der Waals surface area contributed by atoms with Gasteiger partial charge in [-0.2, -0.15) is 0 Å². The maximum Gasteiger partial charge on any atom is 0.313 e. The van der Waals surface area contributed by atoms with Gasteiger partial charge < -0.3 is 20.1 Å². The number of nitrogens with zero attached hydrogens (tertiary/aromatic N) is 1. The summed E-state index contributed by atoms with van der Waals surface area (Å²) in [5, 5.41) is 0. The third-order valence-corrected chi connectivity index (χ3v) is 3.13. The van der Waals surface area contributed by atoms with E-state index in [-0.39, 0.29) is 18.5 Å². The van der Waals surface area contributed by atoms with E-state index in [0.717, 1.165) is 0 Å². The first-order valence-corrected chi connectivity index (χ1v) is 5.56. The SMILES string of the molecule is COCC(N)C(=O)N1CCC(C)(C(=O)OC)C1. The molecule has 98 valence electrons. The van der Waals surface area contributed by atoms with Crippen molar-refractivity contribution in [1.29, 1.82) is 0 Å². The molecule has 2 unspecified atom stereocenters. The molecule has 0 saturated carbocycles. The second kappa shape index (κ2) is 5.46. The van der Waals surface area contributed by atoms with E-state index in [1.165, 1.54) is 14.2 Å². The molecule has 17 heavy (non-hydrogen) atoms. The van der Waals surface area contributed by atoms with Gasteiger partial charge in [0, 0.05) is 20.2 Å². The highest BCUT2D eigenvalue weighted by atomic mass is 16.5. The summed E-state index contributed by atoms with van der Waals surface area (Å²) in [7, 11) is 2.85. The minimum absolute atomic E-state index is 0.181. The van der Waals surface area contributed by atoms with Crippen molar-refractivity contribution in [2.75, 3.05) is 33.9 Å². The van der Waals surface area contributed by atoms with E-state index in [0.29, 0.717) is 19.5 Å². The molecule has 0 aliphatic carbocycles. The van der Waals surface area contributed by atoms with Crippen LogP contribution in [-0.2, 0) is 19.1 Å². The minimum Gasteiger partial charge on any atom is -0.469 e. The van der Waals surface area contributed by atoms with Crippen molar-refractivity contribution in [3.63, 3.8) is 0 Å². The van der Waals surface area contributed by atoms with Crippen molar-refractivity contribution in [3.8, 4) is 0 Å². The van der Waals surface area contributed by atoms with Gasteiger partial charge in [0.15, 0.2) is 0 Å². The molecule has 1 aliphatic heterocycles. The van der Waals surface area contributed by atoms with E-state index in [9.17, 15) is 9.59 Å². The minimum atomic E-state index is -0.667. The highest BCUT2D eigenvalue weighted by molar-refractivity contribution is 5.84. The first kappa shape index (κ1) is 13.9. The van der Waals surface area contributed by atoms with Crippen LogP contribution >= 0.6 is 0 Å². The number of esters is 1. The molecule has 1 aliphatic rings. The maximum atomic E-state index is 11.9. The van der Waals surface area contributed by atoms with Crippen LogP contribution in [0.5, 0.6) is 0 Å². The molecule has 0 spiro atoms. The molecule has 2 atom stereocenters. The number of ether oxygens (including phenoxy) is 2. The molecule has 0 aromatic rings. The number of carbonyl (C=O) groups is 2. The zero-order valence-corrected chi connectivity index (χ0v) is 10.6. The Morgan fingerprint density at radius 2 is 2.12 bits per heavy atom. The van der Waals surface area contributed by atoms with E-state index in [1.807, 2.05) is 0 Å². The fraction of sp³-hybridized carbons (Fsp3) is 0.818. The molecule has 0 bridgehead atoms. The number of carbonyl (C=O) groups excluding carboxylic acids is 2. The number of rotatable bonds is 4. The van der Waals surface area contributed by atoms with Crippen LogP contribution in [0.25, 0.3) is 0 Å². The first-order valence-electron chi connectivity index (χ1n) is 5.56. The van der Waals surface area contributed by atoms with Gasteiger partial charge in [0.05, 0.1) is 19.1 Å². The van der Waals surface area contributed by atoms with Crippen LogP contribution in [0.4, 0.5) is 0 Å². The second-order valence-corrected chi connectivity index (χ2v) is 4.62. The lowest BCUT2D eigenvalue weighted by Crippen LogP contribution is -2.46. The molecular formula is C11H20N2O4. The Morgan fingerprint density at radius 3 is 2.65 bits per heavy atom. The molecule has 6 heteroatoms. The van der Waals surface area contributed by atoms with Gasteiger partial charge in [0.2, 0.25) is 5.91 Å². The van der Waals surface area contributed by atoms with Crippen molar-refractivity contribution >= 4 is 11.9 Å². The number of hydrogen-bond donors (Lipinski definition) is 1. The molecule has 2 N–H and O–H groups in total. The molecule has 1 fully saturated rings. The molecule has 1 amide bonds. The van der Waals surface area contributed by atoms with Crippen LogP contribution in [0.3, 0.4) is 0 Å². The van der Waals surface area contributed by atoms with Crippen LogP contribution < -0.4 is 5.73 Å². The van der Waals surface area contributed by atoms with Gasteiger partial charge in [-0.15, -0.1) is 0 Å². The van der Waals surface area contributed by atoms with Gasteiger partial charge in [-0.3, -0.25) is 9.59 Å². The summed E-state index contributed by atoms with van der Waals surface area (Å²) in [4.78, 5) is 25.1. The summed E-state index contributed by atoms with van der Waals surface area (Å²) < 4.78 is 9.58. The third kappa shape index (κ3) is 2.95. The highest BCUT2D eigenvalue weighted by Crippen LogP contribution is 2.31. The Morgan fingerprint density at radius 1 is 1.47 bits per heavy atom. The van der Waals surface area contributed by atoms with Gasteiger partial charge in [0.1, 0.15) is 6.04 Å². The summed E-state index contributed by atoms with van der Waals surface area (Å²) in [5.74, 6) is -0.465. The topological polar surface area (TPSA) is 81.9 Å². The molecule has 0 aromatic heterocycles. The van der Waals surface area contributed by atoms with E-state index < -0.39 is 11.5 Å². The maximum absolute atomic E-state index is 11.9.